The quantitative estimate of drug-likeness (QED) is 0.0320. The van der Waals surface area contributed by atoms with Crippen LogP contribution in [0.3, 0.4) is 0 Å². The molecule has 0 saturated carbocycles. The zero-order chi connectivity index (χ0) is 57.8. The number of hydrogen-bond acceptors (Lipinski definition) is 5. The number of aliphatic hydroxyl groups is 2. The van der Waals surface area contributed by atoms with Crippen LogP contribution in [0.5, 0.6) is 0 Å². The largest absolute Gasteiger partial charge is 0.466 e. The molecule has 2 atom stereocenters. The van der Waals surface area contributed by atoms with E-state index >= 15 is 0 Å². The van der Waals surface area contributed by atoms with Gasteiger partial charge in [-0.25, -0.2) is 0 Å². The molecule has 0 saturated heterocycles. The maximum Gasteiger partial charge on any atom is 0.305 e. The van der Waals surface area contributed by atoms with Crippen LogP contribution in [0.2, 0.25) is 0 Å². The van der Waals surface area contributed by atoms with Gasteiger partial charge in [-0.1, -0.05) is 339 Å². The third-order valence-electron chi connectivity index (χ3n) is 16.9. The molecule has 0 rings (SSSR count). The fraction of sp³-hybridized carbons (Fsp3) is 0.892. The summed E-state index contributed by atoms with van der Waals surface area (Å²) in [4.78, 5) is 24.5. The van der Waals surface area contributed by atoms with Crippen LogP contribution in [0.4, 0.5) is 0 Å². The van der Waals surface area contributed by atoms with Gasteiger partial charge in [-0.2, -0.15) is 0 Å². The third-order valence-corrected chi connectivity index (χ3v) is 16.9. The topological polar surface area (TPSA) is 95.9 Å². The van der Waals surface area contributed by atoms with Gasteiger partial charge in [-0.3, -0.25) is 9.59 Å². The minimum Gasteiger partial charge on any atom is -0.466 e. The molecular weight excluding hydrogens is 983 g/mol. The monoisotopic (exact) mass is 1120 g/mol. The third kappa shape index (κ3) is 65.2. The number of nitrogens with one attached hydrogen (secondary N) is 1. The van der Waals surface area contributed by atoms with E-state index in [1.54, 1.807) is 0 Å². The standard InChI is InChI=1S/C74H141NO5/c1-3-5-7-9-11-13-15-16-45-48-52-56-60-64-68-74(79)80-69-65-61-57-53-49-46-43-41-39-37-35-33-31-29-27-25-23-21-19-17-18-20-22-24-26-28-30-32-34-36-38-40-42-44-47-51-55-59-63-67-73(78)75-71(70-76)72(77)66-62-58-54-50-14-12-10-8-6-4-2/h15-18,21,23,71-72,76-77H,3-14,19-20,22,24-70H2,1-2H3,(H,75,78)/b16-15-,18-17-,23-21-. The average Bonchev–Trinajstić information content (AvgIpc) is 3.46. The Bertz CT molecular complexity index is 1300. The second kappa shape index (κ2) is 69.6. The summed E-state index contributed by atoms with van der Waals surface area (Å²) in [5, 5.41) is 23.2. The number of allylic oxidation sites excluding steroid dienone is 6. The SMILES string of the molecule is CCCCCCC/C=C\CCCCCCCC(=O)OCCCCCCCCCCCCCCCCC/C=C\C/C=C\CCCCCCCCCCCCCCCCCCCC(=O)NC(CO)C(O)CCCCCCCCCCCC. The molecule has 0 aliphatic heterocycles. The molecule has 0 aromatic rings. The second-order valence-corrected chi connectivity index (χ2v) is 24.9. The molecule has 6 nitrogen and oxygen atoms in total. The maximum absolute atomic E-state index is 12.4. The Morgan fingerprint density at radius 2 is 0.625 bits per heavy atom. The first-order chi connectivity index (χ1) is 39.5. The summed E-state index contributed by atoms with van der Waals surface area (Å²) in [6.07, 6.45) is 89.4. The zero-order valence-corrected chi connectivity index (χ0v) is 54.1. The van der Waals surface area contributed by atoms with E-state index in [1.807, 2.05) is 0 Å². The molecule has 0 aromatic carbocycles. The molecule has 0 aliphatic rings. The van der Waals surface area contributed by atoms with E-state index in [-0.39, 0.29) is 18.5 Å². The number of rotatable bonds is 68. The normalized spacial score (nSPS) is 12.7. The van der Waals surface area contributed by atoms with E-state index in [1.165, 1.54) is 315 Å². The van der Waals surface area contributed by atoms with Crippen molar-refractivity contribution < 1.29 is 24.5 Å². The molecule has 6 heteroatoms. The smallest absolute Gasteiger partial charge is 0.305 e. The average molecular weight is 1120 g/mol. The van der Waals surface area contributed by atoms with Gasteiger partial charge in [0.25, 0.3) is 0 Å². The molecule has 1 amide bonds. The van der Waals surface area contributed by atoms with Gasteiger partial charge >= 0.3 is 5.97 Å². The van der Waals surface area contributed by atoms with E-state index in [0.29, 0.717) is 25.9 Å². The highest BCUT2D eigenvalue weighted by atomic mass is 16.5. The lowest BCUT2D eigenvalue weighted by molar-refractivity contribution is -0.143. The Morgan fingerprint density at radius 1 is 0.350 bits per heavy atom. The van der Waals surface area contributed by atoms with Crippen molar-refractivity contribution in [3.63, 3.8) is 0 Å². The van der Waals surface area contributed by atoms with Gasteiger partial charge in [-0.05, 0) is 83.5 Å². The Morgan fingerprint density at radius 3 is 0.963 bits per heavy atom. The zero-order valence-electron chi connectivity index (χ0n) is 54.1. The summed E-state index contributed by atoms with van der Waals surface area (Å²) >= 11 is 0. The van der Waals surface area contributed by atoms with E-state index in [4.69, 9.17) is 4.74 Å². The molecule has 0 aliphatic carbocycles. The Hall–Kier alpha value is -1.92. The molecule has 0 radical (unpaired) electrons. The highest BCUT2D eigenvalue weighted by molar-refractivity contribution is 5.76. The summed E-state index contributed by atoms with van der Waals surface area (Å²) in [5.74, 6) is -0.0199. The molecule has 0 spiro atoms. The van der Waals surface area contributed by atoms with Crippen molar-refractivity contribution in [1.29, 1.82) is 0 Å². The molecule has 0 aromatic heterocycles. The lowest BCUT2D eigenvalue weighted by Gasteiger charge is -2.22. The fourth-order valence-corrected chi connectivity index (χ4v) is 11.4. The van der Waals surface area contributed by atoms with Crippen LogP contribution in [0.15, 0.2) is 36.5 Å². The number of amides is 1. The molecule has 0 bridgehead atoms. The molecule has 472 valence electrons. The van der Waals surface area contributed by atoms with Crippen molar-refractivity contribution in [3.05, 3.63) is 36.5 Å². The first kappa shape index (κ1) is 78.1. The highest BCUT2D eigenvalue weighted by Gasteiger charge is 2.20. The van der Waals surface area contributed by atoms with Crippen LogP contribution in [0.1, 0.15) is 399 Å². The van der Waals surface area contributed by atoms with Crippen LogP contribution < -0.4 is 5.32 Å². The summed E-state index contributed by atoms with van der Waals surface area (Å²) in [6, 6.07) is -0.537. The number of carbonyl (C=O) groups is 2. The van der Waals surface area contributed by atoms with Gasteiger partial charge in [0.05, 0.1) is 25.4 Å². The van der Waals surface area contributed by atoms with Crippen LogP contribution in [0, 0.1) is 0 Å². The van der Waals surface area contributed by atoms with Crippen LogP contribution in [0.25, 0.3) is 0 Å². The molecule has 2 unspecified atom stereocenters. The second-order valence-electron chi connectivity index (χ2n) is 24.9. The van der Waals surface area contributed by atoms with Crippen LogP contribution in [-0.4, -0.2) is 47.4 Å². The van der Waals surface area contributed by atoms with Crippen molar-refractivity contribution in [2.75, 3.05) is 13.2 Å². The van der Waals surface area contributed by atoms with Gasteiger partial charge in [0.2, 0.25) is 5.91 Å². The van der Waals surface area contributed by atoms with Crippen molar-refractivity contribution in [2.24, 2.45) is 0 Å². The van der Waals surface area contributed by atoms with Crippen LogP contribution >= 0.6 is 0 Å². The fourth-order valence-electron chi connectivity index (χ4n) is 11.4. The minimum absolute atomic E-state index is 0.0120. The predicted molar refractivity (Wildman–Crippen MR) is 352 cm³/mol. The van der Waals surface area contributed by atoms with Crippen molar-refractivity contribution >= 4 is 11.9 Å². The maximum atomic E-state index is 12.4. The van der Waals surface area contributed by atoms with Gasteiger partial charge < -0.3 is 20.3 Å². The van der Waals surface area contributed by atoms with E-state index in [2.05, 4.69) is 55.6 Å². The molecule has 3 N–H and O–H groups in total. The highest BCUT2D eigenvalue weighted by Crippen LogP contribution is 2.19. The van der Waals surface area contributed by atoms with E-state index in [9.17, 15) is 19.8 Å². The van der Waals surface area contributed by atoms with E-state index < -0.39 is 12.1 Å². The summed E-state index contributed by atoms with van der Waals surface area (Å²) in [5.41, 5.74) is 0. The molecule has 0 heterocycles. The van der Waals surface area contributed by atoms with Crippen LogP contribution in [-0.2, 0) is 14.3 Å². The van der Waals surface area contributed by atoms with Gasteiger partial charge in [0.15, 0.2) is 0 Å². The lowest BCUT2D eigenvalue weighted by Crippen LogP contribution is -2.45. The lowest BCUT2D eigenvalue weighted by atomic mass is 10.0. The van der Waals surface area contributed by atoms with Crippen molar-refractivity contribution in [2.45, 2.75) is 411 Å². The Labute approximate surface area is 500 Å². The summed E-state index contributed by atoms with van der Waals surface area (Å²) in [7, 11) is 0. The van der Waals surface area contributed by atoms with Gasteiger partial charge in [0.1, 0.15) is 0 Å². The number of hydrogen-bond donors (Lipinski definition) is 3. The van der Waals surface area contributed by atoms with Crippen molar-refractivity contribution in [3.8, 4) is 0 Å². The first-order valence-electron chi connectivity index (χ1n) is 36.2. The minimum atomic E-state index is -0.660. The first-order valence-corrected chi connectivity index (χ1v) is 36.2. The summed E-state index contributed by atoms with van der Waals surface area (Å²) < 4.78 is 5.49. The Kier molecular flexibility index (Phi) is 67.9. The van der Waals surface area contributed by atoms with Crippen molar-refractivity contribution in [1.82, 2.24) is 5.32 Å². The number of carbonyl (C=O) groups excluding carboxylic acids is 2. The Balaban J connectivity index is 3.33. The number of esters is 1. The summed E-state index contributed by atoms with van der Waals surface area (Å²) in [6.45, 7) is 4.95. The number of aliphatic hydroxyl groups excluding tert-OH is 2. The van der Waals surface area contributed by atoms with Gasteiger partial charge in [-0.15, -0.1) is 0 Å². The predicted octanol–water partition coefficient (Wildman–Crippen LogP) is 23.5. The number of ether oxygens (including phenoxy) is 1. The molecular formula is C74H141NO5. The number of unbranched alkanes of at least 4 members (excludes halogenated alkanes) is 51. The van der Waals surface area contributed by atoms with Gasteiger partial charge in [0, 0.05) is 12.8 Å². The molecule has 80 heavy (non-hydrogen) atoms. The van der Waals surface area contributed by atoms with E-state index in [0.717, 1.165) is 51.4 Å². The molecule has 0 fully saturated rings.